The molecule has 0 spiro atoms. The van der Waals surface area contributed by atoms with Crippen molar-refractivity contribution in [2.45, 2.75) is 33.1 Å². The van der Waals surface area contributed by atoms with Crippen LogP contribution in [0.4, 0.5) is 5.69 Å². The van der Waals surface area contributed by atoms with Crippen LogP contribution in [0.1, 0.15) is 47.7 Å². The highest BCUT2D eigenvalue weighted by atomic mass is 16.5. The molecule has 4 rings (SSSR count). The maximum atomic E-state index is 12.7. The molecule has 0 radical (unpaired) electrons. The van der Waals surface area contributed by atoms with Crippen LogP contribution in [0.15, 0.2) is 65.1 Å². The lowest BCUT2D eigenvalue weighted by Gasteiger charge is -2.11. The highest BCUT2D eigenvalue weighted by molar-refractivity contribution is 6.06. The van der Waals surface area contributed by atoms with Crippen LogP contribution in [-0.4, -0.2) is 18.0 Å². The van der Waals surface area contributed by atoms with E-state index < -0.39 is 0 Å². The largest absolute Gasteiger partial charge is 0.496 e. The van der Waals surface area contributed by atoms with Crippen molar-refractivity contribution < 1.29 is 13.9 Å². The Balaban J connectivity index is 1.54. The number of benzene rings is 3. The molecular weight excluding hydrogens is 388 g/mol. The van der Waals surface area contributed by atoms with Crippen molar-refractivity contribution in [2.24, 2.45) is 0 Å². The molecule has 0 aliphatic heterocycles. The van der Waals surface area contributed by atoms with E-state index in [-0.39, 0.29) is 5.91 Å². The van der Waals surface area contributed by atoms with Crippen LogP contribution in [0.3, 0.4) is 0 Å². The van der Waals surface area contributed by atoms with E-state index >= 15 is 0 Å². The van der Waals surface area contributed by atoms with E-state index in [1.165, 1.54) is 5.56 Å². The Morgan fingerprint density at radius 2 is 1.90 bits per heavy atom. The SMILES string of the molecule is CC[C@@H](C)c1ccc2oc(-c3ccc(NC(=O)c4cccc(C)c4OC)cc3)nc2c1. The minimum atomic E-state index is -0.215. The molecule has 5 heteroatoms. The molecule has 0 fully saturated rings. The number of para-hydroxylation sites is 1. The molecule has 1 amide bonds. The third-order valence-corrected chi connectivity index (χ3v) is 5.64. The Morgan fingerprint density at radius 3 is 2.61 bits per heavy atom. The molecule has 0 saturated heterocycles. The van der Waals surface area contributed by atoms with Gasteiger partial charge in [-0.15, -0.1) is 0 Å². The minimum Gasteiger partial charge on any atom is -0.496 e. The van der Waals surface area contributed by atoms with Gasteiger partial charge in [0.15, 0.2) is 5.58 Å². The summed E-state index contributed by atoms with van der Waals surface area (Å²) in [6.45, 7) is 6.30. The number of anilines is 1. The Hall–Kier alpha value is -3.60. The lowest BCUT2D eigenvalue weighted by atomic mass is 9.98. The maximum absolute atomic E-state index is 12.7. The summed E-state index contributed by atoms with van der Waals surface area (Å²) in [4.78, 5) is 17.4. The van der Waals surface area contributed by atoms with Crippen LogP contribution in [0.5, 0.6) is 5.75 Å². The molecule has 0 aliphatic carbocycles. The average molecular weight is 415 g/mol. The van der Waals surface area contributed by atoms with Crippen molar-refractivity contribution in [3.8, 4) is 17.2 Å². The number of rotatable bonds is 6. The van der Waals surface area contributed by atoms with E-state index in [0.29, 0.717) is 28.8 Å². The molecule has 1 atom stereocenters. The van der Waals surface area contributed by atoms with E-state index in [4.69, 9.17) is 9.15 Å². The maximum Gasteiger partial charge on any atom is 0.259 e. The van der Waals surface area contributed by atoms with Crippen molar-refractivity contribution in [1.82, 2.24) is 4.98 Å². The van der Waals surface area contributed by atoms with E-state index in [1.807, 2.05) is 49.4 Å². The number of hydrogen-bond acceptors (Lipinski definition) is 4. The Kier molecular flexibility index (Phi) is 5.76. The minimum absolute atomic E-state index is 0.215. The lowest BCUT2D eigenvalue weighted by molar-refractivity contribution is 0.102. The summed E-state index contributed by atoms with van der Waals surface area (Å²) in [5.41, 5.74) is 5.85. The number of ether oxygens (including phenoxy) is 1. The zero-order valence-corrected chi connectivity index (χ0v) is 18.2. The summed E-state index contributed by atoms with van der Waals surface area (Å²) >= 11 is 0. The predicted octanol–water partition coefficient (Wildman–Crippen LogP) is 6.58. The van der Waals surface area contributed by atoms with Crippen molar-refractivity contribution in [3.63, 3.8) is 0 Å². The van der Waals surface area contributed by atoms with Gasteiger partial charge in [0, 0.05) is 11.3 Å². The van der Waals surface area contributed by atoms with E-state index in [2.05, 4.69) is 36.3 Å². The number of nitrogens with one attached hydrogen (secondary N) is 1. The fraction of sp³-hybridized carbons (Fsp3) is 0.231. The Morgan fingerprint density at radius 1 is 1.13 bits per heavy atom. The molecule has 0 aliphatic rings. The van der Waals surface area contributed by atoms with Gasteiger partial charge in [0.1, 0.15) is 11.3 Å². The first-order valence-electron chi connectivity index (χ1n) is 10.5. The fourth-order valence-electron chi connectivity index (χ4n) is 3.61. The summed E-state index contributed by atoms with van der Waals surface area (Å²) in [6.07, 6.45) is 1.08. The molecule has 158 valence electrons. The summed E-state index contributed by atoms with van der Waals surface area (Å²) in [7, 11) is 1.57. The van der Waals surface area contributed by atoms with Crippen molar-refractivity contribution in [2.75, 3.05) is 12.4 Å². The van der Waals surface area contributed by atoms with Crippen LogP contribution in [0.2, 0.25) is 0 Å². The fourth-order valence-corrected chi connectivity index (χ4v) is 3.61. The van der Waals surface area contributed by atoms with Crippen molar-refractivity contribution in [3.05, 3.63) is 77.4 Å². The van der Waals surface area contributed by atoms with Gasteiger partial charge in [-0.25, -0.2) is 4.98 Å². The van der Waals surface area contributed by atoms with Gasteiger partial charge in [0.2, 0.25) is 5.89 Å². The highest BCUT2D eigenvalue weighted by Crippen LogP contribution is 2.29. The first-order chi connectivity index (χ1) is 15.0. The molecule has 5 nitrogen and oxygen atoms in total. The number of carbonyl (C=O) groups is 1. The van der Waals surface area contributed by atoms with Gasteiger partial charge in [-0.1, -0.05) is 32.0 Å². The zero-order valence-electron chi connectivity index (χ0n) is 18.2. The molecule has 0 bridgehead atoms. The molecule has 31 heavy (non-hydrogen) atoms. The first-order valence-corrected chi connectivity index (χ1v) is 10.5. The van der Waals surface area contributed by atoms with Gasteiger partial charge in [-0.05, 0) is 72.9 Å². The zero-order chi connectivity index (χ0) is 22.0. The molecule has 1 N–H and O–H groups in total. The van der Waals surface area contributed by atoms with Crippen LogP contribution in [-0.2, 0) is 0 Å². The smallest absolute Gasteiger partial charge is 0.259 e. The standard InChI is InChI=1S/C26H26N2O3/c1-5-16(2)19-11-14-23-22(15-19)28-26(31-23)18-9-12-20(13-10-18)27-25(29)21-8-6-7-17(3)24(21)30-4/h6-16H,5H2,1-4H3,(H,27,29)/t16-/m1/s1. The van der Waals surface area contributed by atoms with Gasteiger partial charge < -0.3 is 14.5 Å². The van der Waals surface area contributed by atoms with Gasteiger partial charge >= 0.3 is 0 Å². The third-order valence-electron chi connectivity index (χ3n) is 5.64. The second-order valence-corrected chi connectivity index (χ2v) is 7.74. The molecule has 4 aromatic rings. The van der Waals surface area contributed by atoms with Crippen LogP contribution in [0, 0.1) is 6.92 Å². The summed E-state index contributed by atoms with van der Waals surface area (Å²) in [5.74, 6) is 1.42. The molecule has 0 unspecified atom stereocenters. The second-order valence-electron chi connectivity index (χ2n) is 7.74. The summed E-state index contributed by atoms with van der Waals surface area (Å²) in [6, 6.07) is 19.2. The Labute approximate surface area is 182 Å². The molecule has 3 aromatic carbocycles. The molecule has 1 aromatic heterocycles. The second kappa shape index (κ2) is 8.64. The number of hydrogen-bond donors (Lipinski definition) is 1. The average Bonchev–Trinajstić information content (AvgIpc) is 3.22. The van der Waals surface area contributed by atoms with Gasteiger partial charge in [-0.3, -0.25) is 4.79 Å². The normalized spacial score (nSPS) is 12.0. The number of methoxy groups -OCH3 is 1. The van der Waals surface area contributed by atoms with Gasteiger partial charge in [-0.2, -0.15) is 0 Å². The van der Waals surface area contributed by atoms with Gasteiger partial charge in [0.25, 0.3) is 5.91 Å². The number of amides is 1. The van der Waals surface area contributed by atoms with Crippen molar-refractivity contribution in [1.29, 1.82) is 0 Å². The summed E-state index contributed by atoms with van der Waals surface area (Å²) in [5, 5.41) is 2.92. The van der Waals surface area contributed by atoms with Crippen molar-refractivity contribution >= 4 is 22.7 Å². The first kappa shape index (κ1) is 20.7. The highest BCUT2D eigenvalue weighted by Gasteiger charge is 2.15. The Bertz CT molecular complexity index is 1230. The molecule has 0 saturated carbocycles. The van der Waals surface area contributed by atoms with Gasteiger partial charge in [0.05, 0.1) is 12.7 Å². The predicted molar refractivity (Wildman–Crippen MR) is 124 cm³/mol. The lowest BCUT2D eigenvalue weighted by Crippen LogP contribution is -2.13. The number of nitrogens with zero attached hydrogens (tertiary/aromatic N) is 1. The number of carbonyl (C=O) groups excluding carboxylic acids is 1. The number of fused-ring (bicyclic) bond motifs is 1. The molecule has 1 heterocycles. The molecular formula is C26H26N2O3. The van der Waals surface area contributed by atoms with Crippen LogP contribution >= 0.6 is 0 Å². The topological polar surface area (TPSA) is 64.4 Å². The number of aromatic nitrogens is 1. The van der Waals surface area contributed by atoms with E-state index in [1.54, 1.807) is 13.2 Å². The van der Waals surface area contributed by atoms with Crippen LogP contribution in [0.25, 0.3) is 22.6 Å². The number of aryl methyl sites for hydroxylation is 1. The van der Waals surface area contributed by atoms with E-state index in [0.717, 1.165) is 28.6 Å². The quantitative estimate of drug-likeness (QED) is 0.387. The monoisotopic (exact) mass is 414 g/mol. The van der Waals surface area contributed by atoms with E-state index in [9.17, 15) is 4.79 Å². The third kappa shape index (κ3) is 4.17. The number of oxazole rings is 1. The van der Waals surface area contributed by atoms with Crippen LogP contribution < -0.4 is 10.1 Å². The summed E-state index contributed by atoms with van der Waals surface area (Å²) < 4.78 is 11.3.